The summed E-state index contributed by atoms with van der Waals surface area (Å²) in [5.74, 6) is 0. The van der Waals surface area contributed by atoms with Gasteiger partial charge in [-0.25, -0.2) is 0 Å². The predicted molar refractivity (Wildman–Crippen MR) is 62.1 cm³/mol. The van der Waals surface area contributed by atoms with Gasteiger partial charge in [0.1, 0.15) is 0 Å². The molecule has 1 N–H and O–H groups in total. The summed E-state index contributed by atoms with van der Waals surface area (Å²) in [7, 11) is 1.73. The maximum Gasteiger partial charge on any atom is 0.0924 e. The summed E-state index contributed by atoms with van der Waals surface area (Å²) in [6.07, 6.45) is 3.24. The summed E-state index contributed by atoms with van der Waals surface area (Å²) in [5.41, 5.74) is 1.06. The van der Waals surface area contributed by atoms with Crippen molar-refractivity contribution in [2.45, 2.75) is 32.2 Å². The lowest BCUT2D eigenvalue weighted by atomic mass is 10.1. The van der Waals surface area contributed by atoms with Crippen molar-refractivity contribution < 1.29 is 4.74 Å². The molecule has 0 bridgehead atoms. The molecule has 1 heterocycles. The van der Waals surface area contributed by atoms with E-state index in [2.05, 4.69) is 21.8 Å². The van der Waals surface area contributed by atoms with Gasteiger partial charge >= 0.3 is 0 Å². The van der Waals surface area contributed by atoms with E-state index in [1.165, 1.54) is 11.5 Å². The molecule has 1 aromatic heterocycles. The molecule has 1 atom stereocenters. The van der Waals surface area contributed by atoms with E-state index in [1.54, 1.807) is 7.11 Å². The minimum Gasteiger partial charge on any atom is -0.385 e. The fourth-order valence-corrected chi connectivity index (χ4v) is 1.94. The number of nitrogens with one attached hydrogen (secondary N) is 1. The first-order valence-electron chi connectivity index (χ1n) is 5.37. The Morgan fingerprint density at radius 2 is 2.47 bits per heavy atom. The molecule has 1 aromatic rings. The quantitative estimate of drug-likeness (QED) is 0.693. The number of hydrogen-bond donors (Lipinski definition) is 1. The molecular formula is C10H19N3OS. The lowest BCUT2D eigenvalue weighted by Crippen LogP contribution is -2.22. The Kier molecular flexibility index (Phi) is 6.47. The van der Waals surface area contributed by atoms with E-state index in [0.29, 0.717) is 6.04 Å². The fourth-order valence-electron chi connectivity index (χ4n) is 1.43. The van der Waals surface area contributed by atoms with Crippen molar-refractivity contribution in [3.05, 3.63) is 11.1 Å². The Balaban J connectivity index is 2.39. The number of nitrogens with zero attached hydrogens (tertiary/aromatic N) is 2. The Morgan fingerprint density at radius 3 is 3.07 bits per heavy atom. The van der Waals surface area contributed by atoms with Gasteiger partial charge in [0.15, 0.2) is 0 Å². The van der Waals surface area contributed by atoms with E-state index in [0.717, 1.165) is 38.1 Å². The molecule has 5 heteroatoms. The number of hydrogen-bond acceptors (Lipinski definition) is 5. The van der Waals surface area contributed by atoms with Crippen LogP contribution in [0.15, 0.2) is 5.38 Å². The lowest BCUT2D eigenvalue weighted by Gasteiger charge is -2.15. The van der Waals surface area contributed by atoms with Crippen LogP contribution in [0.2, 0.25) is 0 Å². The SMILES string of the molecule is CCCNC(CCCOC)c1csnn1. The number of rotatable bonds is 8. The summed E-state index contributed by atoms with van der Waals surface area (Å²) >= 11 is 1.41. The van der Waals surface area contributed by atoms with E-state index in [1.807, 2.05) is 5.38 Å². The van der Waals surface area contributed by atoms with Crippen molar-refractivity contribution in [3.8, 4) is 0 Å². The van der Waals surface area contributed by atoms with Crippen LogP contribution in [0.25, 0.3) is 0 Å². The van der Waals surface area contributed by atoms with Gasteiger partial charge in [-0.05, 0) is 37.3 Å². The highest BCUT2D eigenvalue weighted by Gasteiger charge is 2.12. The topological polar surface area (TPSA) is 47.0 Å². The van der Waals surface area contributed by atoms with Crippen molar-refractivity contribution in [3.63, 3.8) is 0 Å². The van der Waals surface area contributed by atoms with Crippen molar-refractivity contribution in [2.75, 3.05) is 20.3 Å². The second-order valence-electron chi connectivity index (χ2n) is 3.47. The van der Waals surface area contributed by atoms with Crippen LogP contribution < -0.4 is 5.32 Å². The zero-order chi connectivity index (χ0) is 10.9. The molecule has 0 aliphatic carbocycles. The standard InChI is InChI=1S/C10H19N3OS/c1-3-6-11-9(5-4-7-14-2)10-8-15-13-12-10/h8-9,11H,3-7H2,1-2H3. The van der Waals surface area contributed by atoms with Crippen molar-refractivity contribution in [1.29, 1.82) is 0 Å². The monoisotopic (exact) mass is 229 g/mol. The Morgan fingerprint density at radius 1 is 1.60 bits per heavy atom. The molecule has 4 nitrogen and oxygen atoms in total. The van der Waals surface area contributed by atoms with Crippen LogP contribution in [0, 0.1) is 0 Å². The highest BCUT2D eigenvalue weighted by Crippen LogP contribution is 2.17. The molecule has 86 valence electrons. The average molecular weight is 229 g/mol. The first kappa shape index (κ1) is 12.5. The normalized spacial score (nSPS) is 12.9. The molecule has 1 unspecified atom stereocenters. The predicted octanol–water partition coefficient (Wildman–Crippen LogP) is 2.01. The molecule has 0 saturated carbocycles. The molecule has 0 spiro atoms. The van der Waals surface area contributed by atoms with Gasteiger partial charge in [-0.15, -0.1) is 5.10 Å². The summed E-state index contributed by atoms with van der Waals surface area (Å²) in [6, 6.07) is 0.332. The van der Waals surface area contributed by atoms with Gasteiger partial charge in [-0.1, -0.05) is 11.4 Å². The van der Waals surface area contributed by atoms with E-state index < -0.39 is 0 Å². The molecule has 15 heavy (non-hydrogen) atoms. The molecule has 1 rings (SSSR count). The van der Waals surface area contributed by atoms with Crippen LogP contribution in [0.1, 0.15) is 37.9 Å². The minimum atomic E-state index is 0.332. The third-order valence-corrected chi connectivity index (χ3v) is 2.74. The largest absolute Gasteiger partial charge is 0.385 e. The molecule has 0 aliphatic heterocycles. The average Bonchev–Trinajstić information content (AvgIpc) is 2.76. The number of ether oxygens (including phenoxy) is 1. The third kappa shape index (κ3) is 4.68. The molecule has 0 radical (unpaired) electrons. The Labute approximate surface area is 95.2 Å². The maximum absolute atomic E-state index is 5.05. The van der Waals surface area contributed by atoms with Gasteiger partial charge in [-0.3, -0.25) is 0 Å². The Bertz CT molecular complexity index is 241. The number of aromatic nitrogens is 2. The molecule has 0 aliphatic rings. The first-order chi connectivity index (χ1) is 7.38. The van der Waals surface area contributed by atoms with Crippen LogP contribution >= 0.6 is 11.5 Å². The molecule has 0 fully saturated rings. The van der Waals surface area contributed by atoms with Crippen LogP contribution in [0.3, 0.4) is 0 Å². The van der Waals surface area contributed by atoms with E-state index in [-0.39, 0.29) is 0 Å². The van der Waals surface area contributed by atoms with Gasteiger partial charge in [0.25, 0.3) is 0 Å². The van der Waals surface area contributed by atoms with Crippen LogP contribution in [0.5, 0.6) is 0 Å². The zero-order valence-corrected chi connectivity index (χ0v) is 10.2. The summed E-state index contributed by atoms with van der Waals surface area (Å²) in [6.45, 7) is 4.00. The van der Waals surface area contributed by atoms with Crippen LogP contribution in [0.4, 0.5) is 0 Å². The van der Waals surface area contributed by atoms with E-state index in [9.17, 15) is 0 Å². The number of methoxy groups -OCH3 is 1. The molecular weight excluding hydrogens is 210 g/mol. The summed E-state index contributed by atoms with van der Waals surface area (Å²) in [4.78, 5) is 0. The lowest BCUT2D eigenvalue weighted by molar-refractivity contribution is 0.188. The Hall–Kier alpha value is -0.520. The highest BCUT2D eigenvalue weighted by atomic mass is 32.1. The summed E-state index contributed by atoms with van der Waals surface area (Å²) < 4.78 is 8.95. The summed E-state index contributed by atoms with van der Waals surface area (Å²) in [5, 5.41) is 9.61. The van der Waals surface area contributed by atoms with E-state index in [4.69, 9.17) is 4.74 Å². The second-order valence-corrected chi connectivity index (χ2v) is 4.08. The zero-order valence-electron chi connectivity index (χ0n) is 9.40. The van der Waals surface area contributed by atoms with Gasteiger partial charge in [0.2, 0.25) is 0 Å². The molecule has 0 amide bonds. The fraction of sp³-hybridized carbons (Fsp3) is 0.800. The third-order valence-electron chi connectivity index (χ3n) is 2.22. The minimum absolute atomic E-state index is 0.332. The smallest absolute Gasteiger partial charge is 0.0924 e. The van der Waals surface area contributed by atoms with Crippen LogP contribution in [-0.2, 0) is 4.74 Å². The van der Waals surface area contributed by atoms with Crippen molar-refractivity contribution in [2.24, 2.45) is 0 Å². The second kappa shape index (κ2) is 7.73. The van der Waals surface area contributed by atoms with Crippen LogP contribution in [-0.4, -0.2) is 29.8 Å². The highest BCUT2D eigenvalue weighted by molar-refractivity contribution is 7.03. The van der Waals surface area contributed by atoms with Gasteiger partial charge in [0.05, 0.1) is 11.7 Å². The van der Waals surface area contributed by atoms with Crippen molar-refractivity contribution in [1.82, 2.24) is 14.9 Å². The van der Waals surface area contributed by atoms with Gasteiger partial charge in [-0.2, -0.15) is 0 Å². The molecule has 0 aromatic carbocycles. The first-order valence-corrected chi connectivity index (χ1v) is 6.21. The van der Waals surface area contributed by atoms with Gasteiger partial charge < -0.3 is 10.1 Å². The van der Waals surface area contributed by atoms with E-state index >= 15 is 0 Å². The maximum atomic E-state index is 5.05. The molecule has 0 saturated heterocycles. The van der Waals surface area contributed by atoms with Crippen molar-refractivity contribution >= 4 is 11.5 Å². The van der Waals surface area contributed by atoms with Gasteiger partial charge in [0, 0.05) is 19.1 Å².